The average Bonchev–Trinajstić information content (AvgIpc) is 2.86. The predicted molar refractivity (Wildman–Crippen MR) is 104 cm³/mol. The molecule has 1 heterocycles. The maximum atomic E-state index is 12.8. The van der Waals surface area contributed by atoms with Crippen LogP contribution in [0.2, 0.25) is 5.02 Å². The van der Waals surface area contributed by atoms with Crippen LogP contribution in [0.25, 0.3) is 0 Å². The number of hydrazine groups is 1. The molecule has 0 bridgehead atoms. The molecule has 7 nitrogen and oxygen atoms in total. The van der Waals surface area contributed by atoms with Crippen molar-refractivity contribution in [3.05, 3.63) is 70.7 Å². The summed E-state index contributed by atoms with van der Waals surface area (Å²) in [7, 11) is 1.85. The molecule has 2 aromatic carbocycles. The Labute approximate surface area is 168 Å². The Hall–Kier alpha value is -2.90. The molecule has 8 heteroatoms. The van der Waals surface area contributed by atoms with Gasteiger partial charge in [0.2, 0.25) is 0 Å². The average molecular weight is 402 g/mol. The monoisotopic (exact) mass is 401 g/mol. The van der Waals surface area contributed by atoms with Gasteiger partial charge in [0.15, 0.2) is 6.54 Å². The molecule has 0 radical (unpaired) electrons. The number of rotatable bonds is 6. The molecule has 4 amide bonds. The molecule has 1 aliphatic heterocycles. The van der Waals surface area contributed by atoms with E-state index in [0.29, 0.717) is 17.1 Å². The molecule has 1 aliphatic rings. The third-order valence-corrected chi connectivity index (χ3v) is 4.87. The first-order valence-electron chi connectivity index (χ1n) is 8.87. The highest BCUT2D eigenvalue weighted by molar-refractivity contribution is 6.30. The van der Waals surface area contributed by atoms with Gasteiger partial charge in [-0.3, -0.25) is 15.0 Å². The van der Waals surface area contributed by atoms with E-state index in [1.807, 2.05) is 31.3 Å². The van der Waals surface area contributed by atoms with Gasteiger partial charge < -0.3 is 10.2 Å². The minimum Gasteiger partial charge on any atom is -0.326 e. The van der Waals surface area contributed by atoms with Crippen molar-refractivity contribution in [2.24, 2.45) is 0 Å². The Morgan fingerprint density at radius 2 is 1.89 bits per heavy atom. The SMILES string of the molecule is C[NH+](CC(=O)NN1C(=O)N[C@@](C)(c2ccccc2)C1=O)Cc1cccc(Cl)c1. The van der Waals surface area contributed by atoms with Crippen LogP contribution in [0.4, 0.5) is 4.79 Å². The maximum Gasteiger partial charge on any atom is 0.344 e. The Morgan fingerprint density at radius 1 is 1.18 bits per heavy atom. The van der Waals surface area contributed by atoms with E-state index in [-0.39, 0.29) is 6.54 Å². The van der Waals surface area contributed by atoms with Crippen LogP contribution in [-0.4, -0.2) is 36.4 Å². The fraction of sp³-hybridized carbons (Fsp3) is 0.250. The number of nitrogens with zero attached hydrogens (tertiary/aromatic N) is 1. The molecular weight excluding hydrogens is 380 g/mol. The van der Waals surface area contributed by atoms with E-state index in [4.69, 9.17) is 11.6 Å². The molecule has 0 saturated carbocycles. The first-order valence-corrected chi connectivity index (χ1v) is 9.25. The van der Waals surface area contributed by atoms with Crippen LogP contribution in [0, 0.1) is 0 Å². The van der Waals surface area contributed by atoms with Gasteiger partial charge >= 0.3 is 6.03 Å². The summed E-state index contributed by atoms with van der Waals surface area (Å²) in [6, 6.07) is 15.7. The van der Waals surface area contributed by atoms with Crippen LogP contribution in [-0.2, 0) is 21.7 Å². The third-order valence-electron chi connectivity index (χ3n) is 4.64. The summed E-state index contributed by atoms with van der Waals surface area (Å²) < 4.78 is 0. The number of benzene rings is 2. The molecule has 0 spiro atoms. The number of nitrogens with one attached hydrogen (secondary N) is 3. The first kappa shape index (κ1) is 19.9. The van der Waals surface area contributed by atoms with Gasteiger partial charge in [0.05, 0.1) is 7.05 Å². The van der Waals surface area contributed by atoms with E-state index >= 15 is 0 Å². The van der Waals surface area contributed by atoms with Crippen molar-refractivity contribution in [1.29, 1.82) is 0 Å². The van der Waals surface area contributed by atoms with Crippen molar-refractivity contribution < 1.29 is 19.3 Å². The van der Waals surface area contributed by atoms with E-state index in [9.17, 15) is 14.4 Å². The standard InChI is InChI=1S/C20H21ClN4O3/c1-20(15-8-4-3-5-9-15)18(27)25(19(28)22-20)23-17(26)13-24(2)12-14-7-6-10-16(21)11-14/h3-11H,12-13H2,1-2H3,(H,22,28)(H,23,26)/p+1/t20-/m0/s1. The molecule has 146 valence electrons. The van der Waals surface area contributed by atoms with Crippen LogP contribution >= 0.6 is 11.6 Å². The zero-order valence-electron chi connectivity index (χ0n) is 15.7. The largest absolute Gasteiger partial charge is 0.344 e. The maximum absolute atomic E-state index is 12.8. The fourth-order valence-electron chi connectivity index (χ4n) is 3.20. The van der Waals surface area contributed by atoms with Crippen LogP contribution < -0.4 is 15.6 Å². The van der Waals surface area contributed by atoms with Crippen LogP contribution in [0.15, 0.2) is 54.6 Å². The van der Waals surface area contributed by atoms with Crippen molar-refractivity contribution in [1.82, 2.24) is 15.8 Å². The van der Waals surface area contributed by atoms with Crippen molar-refractivity contribution in [3.8, 4) is 0 Å². The summed E-state index contributed by atoms with van der Waals surface area (Å²) in [5.74, 6) is -0.954. The van der Waals surface area contributed by atoms with Gasteiger partial charge in [-0.25, -0.2) is 4.79 Å². The summed E-state index contributed by atoms with van der Waals surface area (Å²) in [6.45, 7) is 2.28. The van der Waals surface area contributed by atoms with E-state index in [0.717, 1.165) is 15.5 Å². The van der Waals surface area contributed by atoms with Crippen LogP contribution in [0.5, 0.6) is 0 Å². The van der Waals surface area contributed by atoms with Gasteiger partial charge in [0.1, 0.15) is 12.1 Å². The highest BCUT2D eigenvalue weighted by atomic mass is 35.5. The molecule has 2 aromatic rings. The number of amides is 4. The van der Waals surface area contributed by atoms with Crippen LogP contribution in [0.1, 0.15) is 18.1 Å². The lowest BCUT2D eigenvalue weighted by Crippen LogP contribution is -3.09. The first-order chi connectivity index (χ1) is 13.3. The second kappa shape index (κ2) is 8.00. The van der Waals surface area contributed by atoms with Crippen molar-refractivity contribution in [3.63, 3.8) is 0 Å². The molecule has 1 fully saturated rings. The number of hydrogen-bond acceptors (Lipinski definition) is 3. The number of carbonyl (C=O) groups excluding carboxylic acids is 3. The molecule has 1 saturated heterocycles. The van der Waals surface area contributed by atoms with Crippen LogP contribution in [0.3, 0.4) is 0 Å². The van der Waals surface area contributed by atoms with Gasteiger partial charge in [0, 0.05) is 10.6 Å². The molecule has 28 heavy (non-hydrogen) atoms. The smallest absolute Gasteiger partial charge is 0.326 e. The third kappa shape index (κ3) is 4.16. The normalized spacial score (nSPS) is 20.0. The second-order valence-electron chi connectivity index (χ2n) is 7.04. The number of quaternary nitrogens is 1. The fourth-order valence-corrected chi connectivity index (χ4v) is 3.42. The van der Waals surface area contributed by atoms with E-state index < -0.39 is 23.4 Å². The van der Waals surface area contributed by atoms with E-state index in [2.05, 4.69) is 10.7 Å². The Balaban J connectivity index is 1.62. The number of likely N-dealkylation sites (N-methyl/N-ethyl adjacent to an activating group) is 1. The zero-order chi connectivity index (χ0) is 20.3. The van der Waals surface area contributed by atoms with E-state index in [1.165, 1.54) is 0 Å². The van der Waals surface area contributed by atoms with Gasteiger partial charge in [-0.05, 0) is 24.6 Å². The van der Waals surface area contributed by atoms with Gasteiger partial charge in [0.25, 0.3) is 11.8 Å². The van der Waals surface area contributed by atoms with E-state index in [1.54, 1.807) is 37.3 Å². The quantitative estimate of drug-likeness (QED) is 0.628. The molecule has 1 unspecified atom stereocenters. The number of hydrogen-bond donors (Lipinski definition) is 3. The lowest BCUT2D eigenvalue weighted by Gasteiger charge is -2.22. The number of halogens is 1. The summed E-state index contributed by atoms with van der Waals surface area (Å²) in [5, 5.41) is 4.04. The van der Waals surface area contributed by atoms with Crippen molar-refractivity contribution in [2.75, 3.05) is 13.6 Å². The minimum absolute atomic E-state index is 0.0889. The predicted octanol–water partition coefficient (Wildman–Crippen LogP) is 0.853. The minimum atomic E-state index is -1.22. The number of carbonyl (C=O) groups is 3. The second-order valence-corrected chi connectivity index (χ2v) is 7.47. The Bertz CT molecular complexity index is 905. The molecule has 3 rings (SSSR count). The van der Waals surface area contributed by atoms with Gasteiger partial charge in [-0.15, -0.1) is 0 Å². The summed E-state index contributed by atoms with van der Waals surface area (Å²) in [4.78, 5) is 38.3. The summed E-state index contributed by atoms with van der Waals surface area (Å²) in [6.07, 6.45) is 0. The number of imide groups is 1. The molecule has 3 N–H and O–H groups in total. The van der Waals surface area contributed by atoms with Crippen molar-refractivity contribution in [2.45, 2.75) is 19.0 Å². The summed E-state index contributed by atoms with van der Waals surface area (Å²) >= 11 is 5.98. The summed E-state index contributed by atoms with van der Waals surface area (Å²) in [5.41, 5.74) is 2.84. The topological polar surface area (TPSA) is 82.9 Å². The molecule has 0 aromatic heterocycles. The zero-order valence-corrected chi connectivity index (χ0v) is 16.4. The van der Waals surface area contributed by atoms with Gasteiger partial charge in [-0.1, -0.05) is 54.1 Å². The highest BCUT2D eigenvalue weighted by Crippen LogP contribution is 2.27. The van der Waals surface area contributed by atoms with Crippen molar-refractivity contribution >= 4 is 29.4 Å². The Morgan fingerprint density at radius 3 is 2.57 bits per heavy atom. The Kier molecular flexibility index (Phi) is 5.67. The number of urea groups is 1. The molecule has 2 atom stereocenters. The lowest BCUT2D eigenvalue weighted by molar-refractivity contribution is -0.885. The molecule has 0 aliphatic carbocycles. The lowest BCUT2D eigenvalue weighted by atomic mass is 9.92. The molecular formula is C20H22ClN4O3+. The van der Waals surface area contributed by atoms with Gasteiger partial charge in [-0.2, -0.15) is 5.01 Å². The highest BCUT2D eigenvalue weighted by Gasteiger charge is 2.50.